The molecule has 1 saturated carbocycles. The van der Waals surface area contributed by atoms with Gasteiger partial charge < -0.3 is 0 Å². The maximum atomic E-state index is 2.52. The minimum atomic E-state index is 0.267. The monoisotopic (exact) mass is 280 g/mol. The molecule has 2 aliphatic carbocycles. The van der Waals surface area contributed by atoms with E-state index in [0.29, 0.717) is 0 Å². The zero-order chi connectivity index (χ0) is 13.7. The highest BCUT2D eigenvalue weighted by Crippen LogP contribution is 2.54. The zero-order valence-corrected chi connectivity index (χ0v) is 13.0. The predicted molar refractivity (Wildman–Crippen MR) is 87.4 cm³/mol. The highest BCUT2D eigenvalue weighted by Gasteiger charge is 2.46. The van der Waals surface area contributed by atoms with Gasteiger partial charge in [-0.3, -0.25) is 0 Å². The maximum absolute atomic E-state index is 2.52. The van der Waals surface area contributed by atoms with Gasteiger partial charge in [-0.2, -0.15) is 0 Å². The largest absolute Gasteiger partial charge is 0.146 e. The fourth-order valence-electron chi connectivity index (χ4n) is 3.85. The van der Waals surface area contributed by atoms with Crippen molar-refractivity contribution in [3.63, 3.8) is 0 Å². The average molecular weight is 280 g/mol. The topological polar surface area (TPSA) is 0 Å². The van der Waals surface area contributed by atoms with Crippen molar-refractivity contribution in [2.75, 3.05) is 0 Å². The van der Waals surface area contributed by atoms with Crippen LogP contribution in [0.3, 0.4) is 0 Å². The maximum Gasteiger partial charge on any atom is 0.0215 e. The molecule has 2 aromatic rings. The van der Waals surface area contributed by atoms with Crippen LogP contribution in [0.4, 0.5) is 0 Å². The molecule has 2 aliphatic rings. The third kappa shape index (κ3) is 1.80. The third-order valence-electron chi connectivity index (χ3n) is 4.95. The molecule has 4 rings (SSSR count). The van der Waals surface area contributed by atoms with Crippen molar-refractivity contribution in [2.45, 2.75) is 38.5 Å². The standard InChI is InChI=1S/C19H20S/c1-13-11-18(14(2)20-13)19(17-7-8-17)10-9-15-5-3-4-6-16(15)12-19/h3-6,9-11,17H,7-8,12H2,1-2H3. The fourth-order valence-corrected chi connectivity index (χ4v) is 4.87. The van der Waals surface area contributed by atoms with Crippen molar-refractivity contribution >= 4 is 17.4 Å². The Balaban J connectivity index is 1.86. The highest BCUT2D eigenvalue weighted by molar-refractivity contribution is 7.12. The van der Waals surface area contributed by atoms with Crippen LogP contribution < -0.4 is 0 Å². The van der Waals surface area contributed by atoms with Crippen LogP contribution in [0.1, 0.15) is 39.3 Å². The lowest BCUT2D eigenvalue weighted by Crippen LogP contribution is -2.31. The van der Waals surface area contributed by atoms with Crippen LogP contribution >= 0.6 is 11.3 Å². The van der Waals surface area contributed by atoms with Gasteiger partial charge in [0, 0.05) is 15.2 Å². The molecule has 0 saturated heterocycles. The second-order valence-electron chi connectivity index (χ2n) is 6.35. The first-order valence-corrected chi connectivity index (χ1v) is 8.35. The first kappa shape index (κ1) is 12.4. The van der Waals surface area contributed by atoms with Crippen molar-refractivity contribution < 1.29 is 0 Å². The van der Waals surface area contributed by atoms with Gasteiger partial charge in [0.15, 0.2) is 0 Å². The SMILES string of the molecule is Cc1cc(C2(C3CC3)C=Cc3ccccc3C2)c(C)s1. The summed E-state index contributed by atoms with van der Waals surface area (Å²) in [5, 5.41) is 0. The van der Waals surface area contributed by atoms with Gasteiger partial charge in [-0.05, 0) is 61.8 Å². The highest BCUT2D eigenvalue weighted by atomic mass is 32.1. The normalized spacial score (nSPS) is 24.7. The number of hydrogen-bond donors (Lipinski definition) is 0. The van der Waals surface area contributed by atoms with Crippen LogP contribution in [0.5, 0.6) is 0 Å². The fraction of sp³-hybridized carbons (Fsp3) is 0.368. The van der Waals surface area contributed by atoms with Gasteiger partial charge in [-0.25, -0.2) is 0 Å². The molecule has 0 aliphatic heterocycles. The second-order valence-corrected chi connectivity index (χ2v) is 7.81. The van der Waals surface area contributed by atoms with Crippen molar-refractivity contribution in [3.8, 4) is 0 Å². The molecule has 1 aromatic heterocycles. The van der Waals surface area contributed by atoms with Gasteiger partial charge in [-0.1, -0.05) is 36.4 Å². The van der Waals surface area contributed by atoms with Crippen molar-refractivity contribution in [2.24, 2.45) is 5.92 Å². The van der Waals surface area contributed by atoms with Crippen molar-refractivity contribution in [1.29, 1.82) is 0 Å². The molecule has 0 nitrogen and oxygen atoms in total. The van der Waals surface area contributed by atoms with E-state index in [-0.39, 0.29) is 5.41 Å². The summed E-state index contributed by atoms with van der Waals surface area (Å²) in [5.41, 5.74) is 4.79. The van der Waals surface area contributed by atoms with Gasteiger partial charge in [0.2, 0.25) is 0 Å². The Morgan fingerprint density at radius 1 is 1.15 bits per heavy atom. The Morgan fingerprint density at radius 3 is 2.65 bits per heavy atom. The van der Waals surface area contributed by atoms with E-state index in [1.54, 1.807) is 5.56 Å². The van der Waals surface area contributed by atoms with Gasteiger partial charge in [-0.15, -0.1) is 11.3 Å². The molecule has 1 heteroatoms. The molecular formula is C19H20S. The summed E-state index contributed by atoms with van der Waals surface area (Å²) in [5.74, 6) is 0.847. The smallest absolute Gasteiger partial charge is 0.0215 e. The molecule has 20 heavy (non-hydrogen) atoms. The number of thiophene rings is 1. The van der Waals surface area contributed by atoms with E-state index in [9.17, 15) is 0 Å². The van der Waals surface area contributed by atoms with E-state index < -0.39 is 0 Å². The van der Waals surface area contributed by atoms with E-state index >= 15 is 0 Å². The summed E-state index contributed by atoms with van der Waals surface area (Å²) in [4.78, 5) is 2.96. The zero-order valence-electron chi connectivity index (χ0n) is 12.1. The molecule has 1 atom stereocenters. The van der Waals surface area contributed by atoms with Gasteiger partial charge in [0.05, 0.1) is 0 Å². The number of allylic oxidation sites excluding steroid dienone is 1. The minimum Gasteiger partial charge on any atom is -0.146 e. The summed E-state index contributed by atoms with van der Waals surface area (Å²) >= 11 is 1.95. The Labute approximate surface area is 125 Å². The molecule has 0 spiro atoms. The van der Waals surface area contributed by atoms with Crippen LogP contribution in [0.2, 0.25) is 0 Å². The van der Waals surface area contributed by atoms with E-state index in [1.165, 1.54) is 40.1 Å². The van der Waals surface area contributed by atoms with E-state index in [2.05, 4.69) is 56.3 Å². The minimum absolute atomic E-state index is 0.267. The molecule has 0 radical (unpaired) electrons. The van der Waals surface area contributed by atoms with Crippen LogP contribution in [-0.2, 0) is 11.8 Å². The lowest BCUT2D eigenvalue weighted by Gasteiger charge is -2.35. The summed E-state index contributed by atoms with van der Waals surface area (Å²) in [6.07, 6.45) is 8.84. The molecule has 0 bridgehead atoms. The Kier molecular flexibility index (Phi) is 2.68. The molecule has 1 unspecified atom stereocenters. The summed E-state index contributed by atoms with van der Waals surface area (Å²) in [7, 11) is 0. The molecule has 102 valence electrons. The lowest BCUT2D eigenvalue weighted by molar-refractivity contribution is 0.459. The lowest BCUT2D eigenvalue weighted by atomic mass is 9.68. The first-order valence-electron chi connectivity index (χ1n) is 7.54. The number of benzene rings is 1. The van der Waals surface area contributed by atoms with Gasteiger partial charge >= 0.3 is 0 Å². The molecular weight excluding hydrogens is 260 g/mol. The van der Waals surface area contributed by atoms with Gasteiger partial charge in [0.1, 0.15) is 0 Å². The average Bonchev–Trinajstić information content (AvgIpc) is 3.24. The molecule has 0 N–H and O–H groups in total. The van der Waals surface area contributed by atoms with Gasteiger partial charge in [0.25, 0.3) is 0 Å². The molecule has 1 fully saturated rings. The Bertz CT molecular complexity index is 688. The first-order chi connectivity index (χ1) is 9.69. The molecule has 1 aromatic carbocycles. The predicted octanol–water partition coefficient (Wildman–Crippen LogP) is 5.28. The number of rotatable bonds is 2. The van der Waals surface area contributed by atoms with Crippen LogP contribution in [0.25, 0.3) is 6.08 Å². The summed E-state index contributed by atoms with van der Waals surface area (Å²) in [6.45, 7) is 4.54. The summed E-state index contributed by atoms with van der Waals surface area (Å²) in [6, 6.07) is 11.3. The third-order valence-corrected chi connectivity index (χ3v) is 5.91. The number of aryl methyl sites for hydroxylation is 2. The van der Waals surface area contributed by atoms with E-state index in [1.807, 2.05) is 11.3 Å². The van der Waals surface area contributed by atoms with Crippen LogP contribution in [-0.4, -0.2) is 0 Å². The summed E-state index contributed by atoms with van der Waals surface area (Å²) < 4.78 is 0. The number of fused-ring (bicyclic) bond motifs is 1. The quantitative estimate of drug-likeness (QED) is 0.702. The van der Waals surface area contributed by atoms with E-state index in [4.69, 9.17) is 0 Å². The Hall–Kier alpha value is -1.34. The molecule has 0 amide bonds. The molecule has 1 heterocycles. The van der Waals surface area contributed by atoms with Crippen molar-refractivity contribution in [1.82, 2.24) is 0 Å². The van der Waals surface area contributed by atoms with Crippen molar-refractivity contribution in [3.05, 3.63) is 62.9 Å². The number of hydrogen-bond acceptors (Lipinski definition) is 1. The Morgan fingerprint density at radius 2 is 1.95 bits per heavy atom. The van der Waals surface area contributed by atoms with E-state index in [0.717, 1.165) is 5.92 Å². The van der Waals surface area contributed by atoms with Crippen LogP contribution in [0.15, 0.2) is 36.4 Å². The van der Waals surface area contributed by atoms with Crippen LogP contribution in [0, 0.1) is 19.8 Å². The second kappa shape index (κ2) is 4.33.